The highest BCUT2D eigenvalue weighted by Gasteiger charge is 2.19. The zero-order chi connectivity index (χ0) is 16.0. The van der Waals surface area contributed by atoms with Gasteiger partial charge in [-0.25, -0.2) is 9.59 Å². The van der Waals surface area contributed by atoms with Crippen molar-refractivity contribution in [3.63, 3.8) is 0 Å². The molecule has 0 heterocycles. The van der Waals surface area contributed by atoms with E-state index in [1.54, 1.807) is 0 Å². The van der Waals surface area contributed by atoms with Crippen LogP contribution in [0.15, 0.2) is 30.9 Å². The molecule has 1 aromatic carbocycles. The predicted octanol–water partition coefficient (Wildman–Crippen LogP) is 1.88. The second-order valence-electron chi connectivity index (χ2n) is 3.94. The molecule has 1 atom stereocenters. The van der Waals surface area contributed by atoms with Gasteiger partial charge >= 0.3 is 17.7 Å². The average molecular weight is 297 g/mol. The molecule has 0 aliphatic carbocycles. The van der Waals surface area contributed by atoms with Crippen LogP contribution in [0.2, 0.25) is 0 Å². The molecule has 9 heteroatoms. The maximum absolute atomic E-state index is 13.3. The number of nitrogens with zero attached hydrogens (tertiary/aromatic N) is 1. The van der Waals surface area contributed by atoms with Crippen molar-refractivity contribution in [1.29, 1.82) is 0 Å². The first-order valence-corrected chi connectivity index (χ1v) is 5.70. The molecule has 8 nitrogen and oxygen atoms in total. The van der Waals surface area contributed by atoms with E-state index in [1.165, 1.54) is 6.08 Å². The fraction of sp³-hybridized carbons (Fsp3) is 0.167. The van der Waals surface area contributed by atoms with E-state index in [-0.39, 0.29) is 12.1 Å². The van der Waals surface area contributed by atoms with E-state index in [2.05, 4.69) is 17.2 Å². The monoisotopic (exact) mass is 297 g/mol. The molecule has 0 bridgehead atoms. The van der Waals surface area contributed by atoms with E-state index in [9.17, 15) is 24.1 Å². The molecule has 0 radical (unpaired) electrons. The Hall–Kier alpha value is -2.97. The summed E-state index contributed by atoms with van der Waals surface area (Å²) in [6.07, 6.45) is 1.34. The molecule has 1 aromatic rings. The number of benzene rings is 1. The van der Waals surface area contributed by atoms with Crippen molar-refractivity contribution in [3.05, 3.63) is 46.8 Å². The number of hydrogen-bond acceptors (Lipinski definition) is 4. The highest BCUT2D eigenvalue weighted by molar-refractivity contribution is 5.92. The number of urea groups is 1. The van der Waals surface area contributed by atoms with Crippen LogP contribution in [-0.4, -0.2) is 28.1 Å². The molecule has 0 aromatic heterocycles. The fourth-order valence-electron chi connectivity index (χ4n) is 1.45. The summed E-state index contributed by atoms with van der Waals surface area (Å²) in [5, 5.41) is 23.6. The Labute approximate surface area is 118 Å². The number of carbonyl (C=O) groups excluding carboxylic acids is 1. The maximum Gasteiger partial charge on any atom is 0.326 e. The molecule has 0 fully saturated rings. The van der Waals surface area contributed by atoms with E-state index >= 15 is 0 Å². The third-order valence-corrected chi connectivity index (χ3v) is 2.41. The van der Waals surface area contributed by atoms with Crippen molar-refractivity contribution in [3.8, 4) is 0 Å². The maximum atomic E-state index is 13.3. The molecule has 0 aliphatic heterocycles. The number of nitro groups is 1. The summed E-state index contributed by atoms with van der Waals surface area (Å²) in [6.45, 7) is 3.36. The quantitative estimate of drug-likeness (QED) is 0.420. The standard InChI is InChI=1S/C12H12FN3O5/c1-2-3-9(11(17)18)15-12(19)14-7-4-5-10(16(20)21)8(13)6-7/h2,4-6,9H,1,3H2,(H,17,18)(H2,14,15,19). The van der Waals surface area contributed by atoms with Crippen LogP contribution in [0, 0.1) is 15.9 Å². The molecule has 1 unspecified atom stereocenters. The van der Waals surface area contributed by atoms with Crippen molar-refractivity contribution in [2.45, 2.75) is 12.5 Å². The number of hydrogen-bond donors (Lipinski definition) is 3. The number of anilines is 1. The van der Waals surface area contributed by atoms with Crippen LogP contribution in [0.25, 0.3) is 0 Å². The van der Waals surface area contributed by atoms with Gasteiger partial charge < -0.3 is 15.7 Å². The van der Waals surface area contributed by atoms with Gasteiger partial charge in [-0.2, -0.15) is 4.39 Å². The van der Waals surface area contributed by atoms with Crippen LogP contribution in [0.3, 0.4) is 0 Å². The van der Waals surface area contributed by atoms with E-state index in [4.69, 9.17) is 5.11 Å². The fourth-order valence-corrected chi connectivity index (χ4v) is 1.45. The Morgan fingerprint density at radius 3 is 2.67 bits per heavy atom. The Morgan fingerprint density at radius 2 is 2.19 bits per heavy atom. The third kappa shape index (κ3) is 4.56. The zero-order valence-electron chi connectivity index (χ0n) is 10.7. The van der Waals surface area contributed by atoms with Gasteiger partial charge in [-0.1, -0.05) is 6.08 Å². The number of amides is 2. The highest BCUT2D eigenvalue weighted by atomic mass is 19.1. The lowest BCUT2D eigenvalue weighted by atomic mass is 10.2. The Bertz CT molecular complexity index is 590. The predicted molar refractivity (Wildman–Crippen MR) is 71.4 cm³/mol. The molecule has 0 aliphatic rings. The lowest BCUT2D eigenvalue weighted by molar-refractivity contribution is -0.387. The van der Waals surface area contributed by atoms with Crippen LogP contribution in [0.5, 0.6) is 0 Å². The Balaban J connectivity index is 2.74. The van der Waals surface area contributed by atoms with Crippen molar-refractivity contribution < 1.29 is 24.0 Å². The van der Waals surface area contributed by atoms with Gasteiger partial charge in [-0.05, 0) is 12.5 Å². The van der Waals surface area contributed by atoms with Gasteiger partial charge in [0, 0.05) is 17.8 Å². The van der Waals surface area contributed by atoms with Crippen LogP contribution < -0.4 is 10.6 Å². The second-order valence-corrected chi connectivity index (χ2v) is 3.94. The first-order chi connectivity index (χ1) is 9.85. The van der Waals surface area contributed by atoms with Crippen molar-refractivity contribution in [2.75, 3.05) is 5.32 Å². The van der Waals surface area contributed by atoms with Crippen molar-refractivity contribution in [1.82, 2.24) is 5.32 Å². The molecule has 0 saturated carbocycles. The number of nitrogens with one attached hydrogen (secondary N) is 2. The van der Waals surface area contributed by atoms with Gasteiger partial charge in [-0.15, -0.1) is 6.58 Å². The van der Waals surface area contributed by atoms with Gasteiger partial charge in [0.05, 0.1) is 4.92 Å². The molecule has 2 amide bonds. The largest absolute Gasteiger partial charge is 0.480 e. The summed E-state index contributed by atoms with van der Waals surface area (Å²) in [5.41, 5.74) is -0.769. The summed E-state index contributed by atoms with van der Waals surface area (Å²) in [4.78, 5) is 31.9. The van der Waals surface area contributed by atoms with E-state index < -0.39 is 34.5 Å². The van der Waals surface area contributed by atoms with Crippen LogP contribution in [0.1, 0.15) is 6.42 Å². The van der Waals surface area contributed by atoms with Crippen LogP contribution in [-0.2, 0) is 4.79 Å². The van der Waals surface area contributed by atoms with Gasteiger partial charge in [0.15, 0.2) is 0 Å². The molecule has 1 rings (SSSR count). The lowest BCUT2D eigenvalue weighted by Gasteiger charge is -2.13. The number of carboxylic acid groups (broad SMARTS) is 1. The molecular weight excluding hydrogens is 285 g/mol. The molecule has 0 saturated heterocycles. The summed E-state index contributed by atoms with van der Waals surface area (Å²) in [7, 11) is 0. The lowest BCUT2D eigenvalue weighted by Crippen LogP contribution is -2.42. The minimum Gasteiger partial charge on any atom is -0.480 e. The van der Waals surface area contributed by atoms with Gasteiger partial charge in [-0.3, -0.25) is 10.1 Å². The summed E-state index contributed by atoms with van der Waals surface area (Å²) in [5.74, 6) is -2.36. The molecule has 21 heavy (non-hydrogen) atoms. The van der Waals surface area contributed by atoms with Crippen molar-refractivity contribution in [2.24, 2.45) is 0 Å². The first-order valence-electron chi connectivity index (χ1n) is 5.70. The van der Waals surface area contributed by atoms with Gasteiger partial charge in [0.2, 0.25) is 5.82 Å². The Kier molecular flexibility index (Phi) is 5.35. The number of carboxylic acids is 1. The highest BCUT2D eigenvalue weighted by Crippen LogP contribution is 2.20. The summed E-state index contributed by atoms with van der Waals surface area (Å²) in [6, 6.07) is 0.733. The van der Waals surface area contributed by atoms with Crippen LogP contribution >= 0.6 is 0 Å². The average Bonchev–Trinajstić information content (AvgIpc) is 2.37. The number of carbonyl (C=O) groups is 2. The smallest absolute Gasteiger partial charge is 0.326 e. The number of rotatable bonds is 6. The number of aliphatic carboxylic acids is 1. The van der Waals surface area contributed by atoms with E-state index in [1.807, 2.05) is 0 Å². The topological polar surface area (TPSA) is 122 Å². The van der Waals surface area contributed by atoms with Gasteiger partial charge in [0.1, 0.15) is 6.04 Å². The molecule has 112 valence electrons. The zero-order valence-corrected chi connectivity index (χ0v) is 10.7. The normalized spacial score (nSPS) is 11.3. The van der Waals surface area contributed by atoms with Crippen molar-refractivity contribution >= 4 is 23.4 Å². The minimum absolute atomic E-state index is 0.0113. The van der Waals surface area contributed by atoms with E-state index in [0.29, 0.717) is 0 Å². The molecular formula is C12H12FN3O5. The number of nitro benzene ring substituents is 1. The van der Waals surface area contributed by atoms with Crippen LogP contribution in [0.4, 0.5) is 20.6 Å². The van der Waals surface area contributed by atoms with Gasteiger partial charge in [0.25, 0.3) is 0 Å². The SMILES string of the molecule is C=CCC(NC(=O)Nc1ccc([N+](=O)[O-])c(F)c1)C(=O)O. The third-order valence-electron chi connectivity index (χ3n) is 2.41. The summed E-state index contributed by atoms with van der Waals surface area (Å²) < 4.78 is 13.3. The van der Waals surface area contributed by atoms with E-state index in [0.717, 1.165) is 18.2 Å². The molecule has 3 N–H and O–H groups in total. The molecule has 0 spiro atoms. The summed E-state index contributed by atoms with van der Waals surface area (Å²) >= 11 is 0. The number of halogens is 1. The second kappa shape index (κ2) is 6.98. The first kappa shape index (κ1) is 16.1. The Morgan fingerprint density at radius 1 is 1.52 bits per heavy atom. The minimum atomic E-state index is -1.25.